The van der Waals surface area contributed by atoms with E-state index in [2.05, 4.69) is 5.10 Å². The lowest BCUT2D eigenvalue weighted by Gasteiger charge is -2.09. The standard InChI is InChI=1S/C9H12ClN3O2/c1-5(2)9-6(10)3-8(15)13(12-9)4-7(11)14/h3,5H,4H2,1-2H3,(H2,11,14). The molecule has 1 amide bonds. The lowest BCUT2D eigenvalue weighted by atomic mass is 10.1. The molecule has 0 radical (unpaired) electrons. The fraction of sp³-hybridized carbons (Fsp3) is 0.444. The van der Waals surface area contributed by atoms with Crippen molar-refractivity contribution >= 4 is 17.5 Å². The Bertz CT molecular complexity index is 439. The average molecular weight is 230 g/mol. The lowest BCUT2D eigenvalue weighted by molar-refractivity contribution is -0.118. The second-order valence-electron chi connectivity index (χ2n) is 3.49. The number of hydrogen-bond donors (Lipinski definition) is 1. The van der Waals surface area contributed by atoms with Gasteiger partial charge in [-0.05, 0) is 5.92 Å². The molecule has 1 rings (SSSR count). The SMILES string of the molecule is CC(C)c1nn(CC(N)=O)c(=O)cc1Cl. The van der Waals surface area contributed by atoms with Crippen molar-refractivity contribution in [3.05, 3.63) is 27.1 Å². The van der Waals surface area contributed by atoms with E-state index >= 15 is 0 Å². The summed E-state index contributed by atoms with van der Waals surface area (Å²) in [4.78, 5) is 22.0. The first kappa shape index (κ1) is 11.7. The van der Waals surface area contributed by atoms with Crippen molar-refractivity contribution in [3.63, 3.8) is 0 Å². The van der Waals surface area contributed by atoms with E-state index in [0.717, 1.165) is 4.68 Å². The van der Waals surface area contributed by atoms with Crippen LogP contribution in [0, 0.1) is 0 Å². The summed E-state index contributed by atoms with van der Waals surface area (Å²) in [6, 6.07) is 1.24. The molecule has 0 bridgehead atoms. The van der Waals surface area contributed by atoms with Gasteiger partial charge in [-0.3, -0.25) is 9.59 Å². The predicted octanol–water partition coefficient (Wildman–Crippen LogP) is 0.505. The highest BCUT2D eigenvalue weighted by atomic mass is 35.5. The van der Waals surface area contributed by atoms with Crippen LogP contribution in [0.3, 0.4) is 0 Å². The summed E-state index contributed by atoms with van der Waals surface area (Å²) in [6.07, 6.45) is 0. The van der Waals surface area contributed by atoms with Crippen LogP contribution in [0.5, 0.6) is 0 Å². The Labute approximate surface area is 91.8 Å². The summed E-state index contributed by atoms with van der Waals surface area (Å²) in [5, 5.41) is 4.30. The van der Waals surface area contributed by atoms with E-state index in [1.807, 2.05) is 13.8 Å². The van der Waals surface area contributed by atoms with E-state index in [9.17, 15) is 9.59 Å². The Hall–Kier alpha value is -1.36. The summed E-state index contributed by atoms with van der Waals surface area (Å²) < 4.78 is 1.02. The van der Waals surface area contributed by atoms with E-state index < -0.39 is 11.5 Å². The lowest BCUT2D eigenvalue weighted by Crippen LogP contribution is -2.30. The van der Waals surface area contributed by atoms with Crippen LogP contribution < -0.4 is 11.3 Å². The Morgan fingerprint density at radius 2 is 2.27 bits per heavy atom. The highest BCUT2D eigenvalue weighted by molar-refractivity contribution is 6.31. The third kappa shape index (κ3) is 2.79. The molecule has 0 unspecified atom stereocenters. The van der Waals surface area contributed by atoms with Gasteiger partial charge in [0.1, 0.15) is 6.54 Å². The van der Waals surface area contributed by atoms with E-state index in [1.54, 1.807) is 0 Å². The fourth-order valence-corrected chi connectivity index (χ4v) is 1.49. The first-order valence-corrected chi connectivity index (χ1v) is 4.85. The van der Waals surface area contributed by atoms with Crippen LogP contribution in [0.1, 0.15) is 25.5 Å². The largest absolute Gasteiger partial charge is 0.368 e. The van der Waals surface area contributed by atoms with E-state index in [1.165, 1.54) is 6.07 Å². The number of amides is 1. The molecule has 15 heavy (non-hydrogen) atoms. The summed E-state index contributed by atoms with van der Waals surface area (Å²) in [7, 11) is 0. The summed E-state index contributed by atoms with van der Waals surface area (Å²) in [5.74, 6) is -0.529. The maximum atomic E-state index is 11.4. The summed E-state index contributed by atoms with van der Waals surface area (Å²) >= 11 is 5.84. The molecule has 82 valence electrons. The van der Waals surface area contributed by atoms with Gasteiger partial charge in [-0.25, -0.2) is 4.68 Å². The number of nitrogens with zero attached hydrogens (tertiary/aromatic N) is 2. The Morgan fingerprint density at radius 1 is 1.67 bits per heavy atom. The zero-order valence-electron chi connectivity index (χ0n) is 8.53. The second-order valence-corrected chi connectivity index (χ2v) is 3.90. The molecular weight excluding hydrogens is 218 g/mol. The number of halogens is 1. The van der Waals surface area contributed by atoms with Gasteiger partial charge in [0.25, 0.3) is 5.56 Å². The minimum absolute atomic E-state index is 0.0808. The first-order chi connectivity index (χ1) is 6.91. The first-order valence-electron chi connectivity index (χ1n) is 4.47. The monoisotopic (exact) mass is 229 g/mol. The van der Waals surface area contributed by atoms with Gasteiger partial charge in [0.05, 0.1) is 10.7 Å². The number of hydrogen-bond acceptors (Lipinski definition) is 3. The van der Waals surface area contributed by atoms with Crippen LogP contribution in [0.4, 0.5) is 0 Å². The number of rotatable bonds is 3. The zero-order chi connectivity index (χ0) is 11.6. The van der Waals surface area contributed by atoms with Crippen molar-refractivity contribution in [2.45, 2.75) is 26.3 Å². The number of primary amides is 1. The van der Waals surface area contributed by atoms with Crippen LogP contribution >= 0.6 is 11.6 Å². The van der Waals surface area contributed by atoms with Crippen molar-refractivity contribution < 1.29 is 4.79 Å². The molecule has 0 aliphatic heterocycles. The van der Waals surface area contributed by atoms with Crippen molar-refractivity contribution in [2.24, 2.45) is 5.73 Å². The summed E-state index contributed by atoms with van der Waals surface area (Å²) in [6.45, 7) is 3.57. The van der Waals surface area contributed by atoms with Gasteiger partial charge in [-0.15, -0.1) is 0 Å². The zero-order valence-corrected chi connectivity index (χ0v) is 9.28. The highest BCUT2D eigenvalue weighted by Gasteiger charge is 2.11. The van der Waals surface area contributed by atoms with Gasteiger partial charge in [0.15, 0.2) is 0 Å². The second kappa shape index (κ2) is 4.44. The highest BCUT2D eigenvalue weighted by Crippen LogP contribution is 2.19. The van der Waals surface area contributed by atoms with Crippen LogP contribution in [0.15, 0.2) is 10.9 Å². The molecule has 0 saturated carbocycles. The number of nitrogens with two attached hydrogens (primary N) is 1. The van der Waals surface area contributed by atoms with Gasteiger partial charge in [-0.2, -0.15) is 5.10 Å². The molecule has 6 heteroatoms. The van der Waals surface area contributed by atoms with Crippen molar-refractivity contribution in [2.75, 3.05) is 0 Å². The topological polar surface area (TPSA) is 78.0 Å². The van der Waals surface area contributed by atoms with Crippen LogP contribution in [-0.2, 0) is 11.3 Å². The molecule has 0 spiro atoms. The minimum Gasteiger partial charge on any atom is -0.368 e. The quantitative estimate of drug-likeness (QED) is 0.820. The molecule has 0 fully saturated rings. The van der Waals surface area contributed by atoms with Gasteiger partial charge in [0, 0.05) is 6.07 Å². The maximum absolute atomic E-state index is 11.4. The minimum atomic E-state index is -0.610. The third-order valence-electron chi connectivity index (χ3n) is 1.83. The molecular formula is C9H12ClN3O2. The number of carbonyl (C=O) groups is 1. The normalized spacial score (nSPS) is 10.7. The maximum Gasteiger partial charge on any atom is 0.268 e. The molecule has 0 aliphatic rings. The van der Waals surface area contributed by atoms with Gasteiger partial charge in [0.2, 0.25) is 5.91 Å². The van der Waals surface area contributed by atoms with Crippen molar-refractivity contribution in [1.29, 1.82) is 0 Å². The van der Waals surface area contributed by atoms with Gasteiger partial charge in [-0.1, -0.05) is 25.4 Å². The smallest absolute Gasteiger partial charge is 0.268 e. The van der Waals surface area contributed by atoms with E-state index in [0.29, 0.717) is 10.7 Å². The molecule has 0 aromatic carbocycles. The molecule has 0 saturated heterocycles. The molecule has 1 aromatic heterocycles. The van der Waals surface area contributed by atoms with Crippen LogP contribution in [0.2, 0.25) is 5.02 Å². The molecule has 5 nitrogen and oxygen atoms in total. The molecule has 1 heterocycles. The summed E-state index contributed by atoms with van der Waals surface area (Å²) in [5.41, 5.74) is 5.14. The van der Waals surface area contributed by atoms with Gasteiger partial charge < -0.3 is 5.73 Å². The Morgan fingerprint density at radius 3 is 2.73 bits per heavy atom. The molecule has 1 aromatic rings. The Kier molecular flexibility index (Phi) is 3.47. The van der Waals surface area contributed by atoms with E-state index in [-0.39, 0.29) is 12.5 Å². The average Bonchev–Trinajstić information content (AvgIpc) is 2.08. The van der Waals surface area contributed by atoms with Crippen molar-refractivity contribution in [3.8, 4) is 0 Å². The van der Waals surface area contributed by atoms with Gasteiger partial charge >= 0.3 is 0 Å². The number of aromatic nitrogens is 2. The predicted molar refractivity (Wildman–Crippen MR) is 56.8 cm³/mol. The van der Waals surface area contributed by atoms with Crippen LogP contribution in [-0.4, -0.2) is 15.7 Å². The van der Waals surface area contributed by atoms with E-state index in [4.69, 9.17) is 17.3 Å². The molecule has 0 atom stereocenters. The third-order valence-corrected chi connectivity index (χ3v) is 2.13. The van der Waals surface area contributed by atoms with Crippen molar-refractivity contribution in [1.82, 2.24) is 9.78 Å². The number of carbonyl (C=O) groups excluding carboxylic acids is 1. The molecule has 2 N–H and O–H groups in total. The Balaban J connectivity index is 3.23. The van der Waals surface area contributed by atoms with Crippen LogP contribution in [0.25, 0.3) is 0 Å². The fourth-order valence-electron chi connectivity index (χ4n) is 1.14. The molecule has 0 aliphatic carbocycles.